The molecule has 0 unspecified atom stereocenters. The Labute approximate surface area is 139 Å². The molecule has 0 saturated carbocycles. The van der Waals surface area contributed by atoms with Gasteiger partial charge in [-0.15, -0.1) is 0 Å². The van der Waals surface area contributed by atoms with Crippen molar-refractivity contribution in [2.45, 2.75) is 13.0 Å². The van der Waals surface area contributed by atoms with Gasteiger partial charge in [-0.1, -0.05) is 42.5 Å². The van der Waals surface area contributed by atoms with Crippen molar-refractivity contribution in [3.05, 3.63) is 65.4 Å². The molecule has 4 N–H and O–H groups in total. The molecule has 5 nitrogen and oxygen atoms in total. The molecule has 0 amide bonds. The van der Waals surface area contributed by atoms with Crippen molar-refractivity contribution in [1.29, 1.82) is 0 Å². The molecule has 5 heteroatoms. The maximum atomic E-state index is 6.18. The molecular formula is C19H19N5. The molecule has 4 rings (SSSR count). The van der Waals surface area contributed by atoms with Crippen LogP contribution in [0.4, 0.5) is 5.82 Å². The van der Waals surface area contributed by atoms with E-state index in [1.54, 1.807) is 0 Å². The van der Waals surface area contributed by atoms with Crippen LogP contribution in [-0.4, -0.2) is 14.8 Å². The van der Waals surface area contributed by atoms with E-state index in [2.05, 4.69) is 35.3 Å². The zero-order valence-electron chi connectivity index (χ0n) is 13.5. The fourth-order valence-corrected chi connectivity index (χ4v) is 3.23. The fourth-order valence-electron chi connectivity index (χ4n) is 3.23. The number of benzene rings is 2. The van der Waals surface area contributed by atoms with Crippen LogP contribution in [0.2, 0.25) is 0 Å². The van der Waals surface area contributed by atoms with Crippen LogP contribution in [0.1, 0.15) is 16.8 Å². The summed E-state index contributed by atoms with van der Waals surface area (Å²) in [6, 6.07) is 16.4. The summed E-state index contributed by atoms with van der Waals surface area (Å²) in [5, 5.41) is 6.88. The van der Waals surface area contributed by atoms with E-state index in [-0.39, 0.29) is 0 Å². The molecule has 0 aliphatic rings. The number of nitrogens with zero attached hydrogens (tertiary/aromatic N) is 3. The SMILES string of the molecule is Cn1nc(Cc2ccc(CN)cc2)c2c3ccccc3nc(N)c21. The number of hydrogen-bond donors (Lipinski definition) is 2. The number of rotatable bonds is 3. The van der Waals surface area contributed by atoms with Crippen molar-refractivity contribution in [3.63, 3.8) is 0 Å². The molecule has 0 radical (unpaired) electrons. The van der Waals surface area contributed by atoms with E-state index in [1.165, 1.54) is 5.56 Å². The Kier molecular flexibility index (Phi) is 3.43. The summed E-state index contributed by atoms with van der Waals surface area (Å²) in [6.45, 7) is 0.555. The Morgan fingerprint density at radius 3 is 2.46 bits per heavy atom. The van der Waals surface area contributed by atoms with E-state index < -0.39 is 0 Å². The summed E-state index contributed by atoms with van der Waals surface area (Å²) < 4.78 is 1.83. The standard InChI is InChI=1S/C19H19N5/c1-24-18-17(14-4-2-3-5-15(14)22-19(18)21)16(23-24)10-12-6-8-13(11-20)9-7-12/h2-9H,10-11,20H2,1H3,(H2,21,22). The number of pyridine rings is 1. The van der Waals surface area contributed by atoms with Gasteiger partial charge in [0.15, 0.2) is 0 Å². The average Bonchev–Trinajstić information content (AvgIpc) is 2.93. The van der Waals surface area contributed by atoms with Crippen LogP contribution in [0.25, 0.3) is 21.8 Å². The van der Waals surface area contributed by atoms with Crippen LogP contribution in [-0.2, 0) is 20.0 Å². The first-order valence-electron chi connectivity index (χ1n) is 7.95. The second-order valence-electron chi connectivity index (χ2n) is 6.01. The highest BCUT2D eigenvalue weighted by atomic mass is 15.3. The highest BCUT2D eigenvalue weighted by Gasteiger charge is 2.16. The molecule has 2 aromatic carbocycles. The lowest BCUT2D eigenvalue weighted by atomic mass is 10.0. The van der Waals surface area contributed by atoms with Crippen LogP contribution in [0.15, 0.2) is 48.5 Å². The molecular weight excluding hydrogens is 298 g/mol. The Balaban J connectivity index is 1.91. The van der Waals surface area contributed by atoms with Crippen molar-refractivity contribution in [2.75, 3.05) is 5.73 Å². The zero-order valence-corrected chi connectivity index (χ0v) is 13.5. The minimum atomic E-state index is 0.517. The summed E-state index contributed by atoms with van der Waals surface area (Å²) in [6.07, 6.45) is 0.746. The predicted octanol–water partition coefficient (Wildman–Crippen LogP) is 2.75. The molecule has 120 valence electrons. The number of hydrogen-bond acceptors (Lipinski definition) is 4. The van der Waals surface area contributed by atoms with Crippen LogP contribution in [0.5, 0.6) is 0 Å². The first-order valence-corrected chi connectivity index (χ1v) is 7.95. The number of anilines is 1. The van der Waals surface area contributed by atoms with Crippen molar-refractivity contribution >= 4 is 27.6 Å². The summed E-state index contributed by atoms with van der Waals surface area (Å²) >= 11 is 0. The molecule has 2 heterocycles. The van der Waals surface area contributed by atoms with Gasteiger partial charge < -0.3 is 11.5 Å². The third-order valence-electron chi connectivity index (χ3n) is 4.41. The molecule has 0 spiro atoms. The van der Waals surface area contributed by atoms with Gasteiger partial charge in [0.1, 0.15) is 11.3 Å². The van der Waals surface area contributed by atoms with Gasteiger partial charge in [-0.2, -0.15) is 5.10 Å². The molecule has 0 aliphatic carbocycles. The highest BCUT2D eigenvalue weighted by Crippen LogP contribution is 2.31. The number of para-hydroxylation sites is 1. The third kappa shape index (κ3) is 2.30. The van der Waals surface area contributed by atoms with Crippen LogP contribution in [0.3, 0.4) is 0 Å². The van der Waals surface area contributed by atoms with Crippen molar-refractivity contribution in [1.82, 2.24) is 14.8 Å². The van der Waals surface area contributed by atoms with E-state index in [4.69, 9.17) is 16.6 Å². The molecule has 4 aromatic rings. The number of nitrogens with two attached hydrogens (primary N) is 2. The van der Waals surface area contributed by atoms with Gasteiger partial charge in [-0.25, -0.2) is 4.98 Å². The van der Waals surface area contributed by atoms with Crippen LogP contribution >= 0.6 is 0 Å². The Morgan fingerprint density at radius 2 is 1.71 bits per heavy atom. The lowest BCUT2D eigenvalue weighted by Crippen LogP contribution is -1.97. The average molecular weight is 317 g/mol. The normalized spacial score (nSPS) is 11.4. The van der Waals surface area contributed by atoms with E-state index in [1.807, 2.05) is 29.9 Å². The minimum absolute atomic E-state index is 0.517. The zero-order chi connectivity index (χ0) is 16.7. The molecule has 0 fully saturated rings. The van der Waals surface area contributed by atoms with Gasteiger partial charge in [-0.05, 0) is 17.2 Å². The maximum absolute atomic E-state index is 6.18. The van der Waals surface area contributed by atoms with Crippen LogP contribution in [0, 0.1) is 0 Å². The smallest absolute Gasteiger partial charge is 0.150 e. The second kappa shape index (κ2) is 5.62. The first kappa shape index (κ1) is 14.7. The van der Waals surface area contributed by atoms with Crippen molar-refractivity contribution in [3.8, 4) is 0 Å². The van der Waals surface area contributed by atoms with Crippen molar-refractivity contribution in [2.24, 2.45) is 12.8 Å². The Hall–Kier alpha value is -2.92. The molecule has 0 bridgehead atoms. The monoisotopic (exact) mass is 317 g/mol. The maximum Gasteiger partial charge on any atom is 0.150 e. The van der Waals surface area contributed by atoms with Gasteiger partial charge in [0, 0.05) is 30.8 Å². The molecule has 2 aromatic heterocycles. The largest absolute Gasteiger partial charge is 0.382 e. The summed E-state index contributed by atoms with van der Waals surface area (Å²) in [4.78, 5) is 4.51. The molecule has 0 aliphatic heterocycles. The lowest BCUT2D eigenvalue weighted by Gasteiger charge is -2.05. The molecule has 0 atom stereocenters. The van der Waals surface area contributed by atoms with Gasteiger partial charge in [0.05, 0.1) is 11.2 Å². The van der Waals surface area contributed by atoms with Gasteiger partial charge in [-0.3, -0.25) is 4.68 Å². The summed E-state index contributed by atoms with van der Waals surface area (Å²) in [5.41, 5.74) is 17.0. The van der Waals surface area contributed by atoms with Crippen molar-refractivity contribution < 1.29 is 0 Å². The van der Waals surface area contributed by atoms with Gasteiger partial charge in [0.2, 0.25) is 0 Å². The lowest BCUT2D eigenvalue weighted by molar-refractivity contribution is 0.774. The molecule has 0 saturated heterocycles. The third-order valence-corrected chi connectivity index (χ3v) is 4.41. The fraction of sp³-hybridized carbons (Fsp3) is 0.158. The second-order valence-corrected chi connectivity index (χ2v) is 6.01. The summed E-state index contributed by atoms with van der Waals surface area (Å²) in [7, 11) is 1.91. The number of fused-ring (bicyclic) bond motifs is 3. The van der Waals surface area contributed by atoms with E-state index in [9.17, 15) is 0 Å². The topological polar surface area (TPSA) is 82.8 Å². The van der Waals surface area contributed by atoms with E-state index in [0.29, 0.717) is 12.4 Å². The number of aromatic nitrogens is 3. The number of nitrogen functional groups attached to an aromatic ring is 1. The molecule has 24 heavy (non-hydrogen) atoms. The predicted molar refractivity (Wildman–Crippen MR) is 97.6 cm³/mol. The Bertz CT molecular complexity index is 1030. The highest BCUT2D eigenvalue weighted by molar-refractivity contribution is 6.09. The van der Waals surface area contributed by atoms with E-state index in [0.717, 1.165) is 39.5 Å². The van der Waals surface area contributed by atoms with Gasteiger partial charge >= 0.3 is 0 Å². The summed E-state index contributed by atoms with van der Waals surface area (Å²) in [5.74, 6) is 0.517. The number of aryl methyl sites for hydroxylation is 1. The van der Waals surface area contributed by atoms with E-state index >= 15 is 0 Å². The van der Waals surface area contributed by atoms with Crippen LogP contribution < -0.4 is 11.5 Å². The van der Waals surface area contributed by atoms with Gasteiger partial charge in [0.25, 0.3) is 0 Å². The minimum Gasteiger partial charge on any atom is -0.382 e. The first-order chi connectivity index (χ1) is 11.7. The quantitative estimate of drug-likeness (QED) is 0.608. The Morgan fingerprint density at radius 1 is 1.00 bits per heavy atom.